The van der Waals surface area contributed by atoms with Gasteiger partial charge in [0.25, 0.3) is 11.5 Å². The fourth-order valence-electron chi connectivity index (χ4n) is 2.79. The average molecular weight is 428 g/mol. The van der Waals surface area contributed by atoms with Gasteiger partial charge in [0.05, 0.1) is 7.11 Å². The van der Waals surface area contributed by atoms with E-state index in [1.54, 1.807) is 7.11 Å². The maximum atomic E-state index is 12.7. The van der Waals surface area contributed by atoms with Crippen LogP contribution in [-0.4, -0.2) is 32.6 Å². The number of nitrogens with zero attached hydrogens (tertiary/aromatic N) is 4. The highest BCUT2D eigenvalue weighted by atomic mass is 32.1. The van der Waals surface area contributed by atoms with Crippen LogP contribution in [0.15, 0.2) is 35.3 Å². The van der Waals surface area contributed by atoms with Crippen molar-refractivity contribution in [3.8, 4) is 5.75 Å². The molecule has 0 bridgehead atoms. The van der Waals surface area contributed by atoms with E-state index in [-0.39, 0.29) is 5.56 Å². The van der Waals surface area contributed by atoms with Gasteiger partial charge < -0.3 is 4.74 Å². The number of fused-ring (bicyclic) bond motifs is 1. The van der Waals surface area contributed by atoms with Gasteiger partial charge in [-0.3, -0.25) is 19.3 Å². The number of nitrogens with one attached hydrogen (secondary N) is 1. The summed E-state index contributed by atoms with van der Waals surface area (Å²) in [6.45, 7) is 3.75. The van der Waals surface area contributed by atoms with E-state index in [2.05, 4.69) is 20.5 Å². The van der Waals surface area contributed by atoms with Crippen LogP contribution in [0.25, 0.3) is 4.96 Å². The number of amides is 1. The molecule has 10 heteroatoms. The van der Waals surface area contributed by atoms with Gasteiger partial charge in [-0.1, -0.05) is 23.5 Å². The highest BCUT2D eigenvalue weighted by Crippen LogP contribution is 2.21. The van der Waals surface area contributed by atoms with Crippen LogP contribution in [0, 0.1) is 13.8 Å². The maximum Gasteiger partial charge on any atom is 0.271 e. The van der Waals surface area contributed by atoms with Crippen molar-refractivity contribution in [1.82, 2.24) is 19.6 Å². The second-order valence-electron chi connectivity index (χ2n) is 6.32. The van der Waals surface area contributed by atoms with Gasteiger partial charge in [0.15, 0.2) is 4.96 Å². The van der Waals surface area contributed by atoms with Gasteiger partial charge in [-0.25, -0.2) is 4.98 Å². The first-order valence-electron chi connectivity index (χ1n) is 8.70. The lowest BCUT2D eigenvalue weighted by Gasteiger charge is -2.02. The lowest BCUT2D eigenvalue weighted by molar-refractivity contribution is 0.102. The van der Waals surface area contributed by atoms with Crippen molar-refractivity contribution in [2.75, 3.05) is 12.4 Å². The number of carbonyl (C=O) groups is 1. The molecule has 148 valence electrons. The van der Waals surface area contributed by atoms with Gasteiger partial charge in [-0.2, -0.15) is 0 Å². The number of hydrogen-bond donors (Lipinski definition) is 1. The van der Waals surface area contributed by atoms with Gasteiger partial charge in [0.1, 0.15) is 16.3 Å². The Morgan fingerprint density at radius 2 is 1.93 bits per heavy atom. The van der Waals surface area contributed by atoms with Crippen LogP contribution in [0.3, 0.4) is 0 Å². The number of thiazole rings is 1. The molecular formula is C19H17N5O3S2. The Kier molecular flexibility index (Phi) is 5.12. The Morgan fingerprint density at radius 1 is 1.17 bits per heavy atom. The average Bonchev–Trinajstić information content (AvgIpc) is 3.26. The second-order valence-corrected chi connectivity index (χ2v) is 8.56. The van der Waals surface area contributed by atoms with Crippen LogP contribution in [0.1, 0.15) is 31.5 Å². The van der Waals surface area contributed by atoms with Crippen LogP contribution in [0.5, 0.6) is 5.75 Å². The highest BCUT2D eigenvalue weighted by Gasteiger charge is 2.18. The number of aryl methyl sites for hydroxylation is 2. The van der Waals surface area contributed by atoms with Crippen LogP contribution in [-0.2, 0) is 6.42 Å². The zero-order valence-electron chi connectivity index (χ0n) is 15.9. The van der Waals surface area contributed by atoms with Crippen molar-refractivity contribution >= 4 is 38.7 Å². The van der Waals surface area contributed by atoms with Crippen molar-refractivity contribution in [3.63, 3.8) is 0 Å². The molecule has 8 nitrogen and oxygen atoms in total. The maximum absolute atomic E-state index is 12.7. The van der Waals surface area contributed by atoms with E-state index in [0.717, 1.165) is 26.9 Å². The summed E-state index contributed by atoms with van der Waals surface area (Å²) in [6.07, 6.45) is 1.89. The first-order valence-corrected chi connectivity index (χ1v) is 10.3. The number of aromatic nitrogens is 4. The standard InChI is InChI=1S/C19H17N5O3S2/c1-10-11(2)28-19-20-9-14(17(26)24(10)19)16(25)21-18-23-22-15(29-18)8-12-4-6-13(27-3)7-5-12/h4-7,9H,8H2,1-3H3,(H,21,23,25). The van der Waals surface area contributed by atoms with Crippen molar-refractivity contribution in [3.05, 3.63) is 67.5 Å². The van der Waals surface area contributed by atoms with E-state index < -0.39 is 11.5 Å². The Bertz CT molecular complexity index is 1260. The molecule has 3 aromatic heterocycles. The highest BCUT2D eigenvalue weighted by molar-refractivity contribution is 7.17. The number of methoxy groups -OCH3 is 1. The summed E-state index contributed by atoms with van der Waals surface area (Å²) in [5.74, 6) is 0.235. The van der Waals surface area contributed by atoms with E-state index in [1.165, 1.54) is 33.3 Å². The largest absolute Gasteiger partial charge is 0.497 e. The Balaban J connectivity index is 1.52. The van der Waals surface area contributed by atoms with Crippen LogP contribution in [0.4, 0.5) is 5.13 Å². The third kappa shape index (κ3) is 3.76. The summed E-state index contributed by atoms with van der Waals surface area (Å²) in [4.78, 5) is 31.1. The normalized spacial score (nSPS) is 11.0. The third-order valence-corrected chi connectivity index (χ3v) is 6.38. The topological polar surface area (TPSA) is 98.5 Å². The van der Waals surface area contributed by atoms with Crippen LogP contribution in [0.2, 0.25) is 0 Å². The van der Waals surface area contributed by atoms with Gasteiger partial charge >= 0.3 is 0 Å². The van der Waals surface area contributed by atoms with Crippen LogP contribution >= 0.6 is 22.7 Å². The monoisotopic (exact) mass is 427 g/mol. The van der Waals surface area contributed by atoms with Gasteiger partial charge in [-0.15, -0.1) is 21.5 Å². The molecule has 0 aliphatic rings. The molecule has 4 rings (SSSR count). The number of rotatable bonds is 5. The second kappa shape index (κ2) is 7.72. The van der Waals surface area contributed by atoms with E-state index in [1.807, 2.05) is 38.1 Å². The molecule has 0 fully saturated rings. The van der Waals surface area contributed by atoms with Crippen molar-refractivity contribution < 1.29 is 9.53 Å². The van der Waals surface area contributed by atoms with Gasteiger partial charge in [0, 0.05) is 23.2 Å². The molecule has 0 atom stereocenters. The first-order chi connectivity index (χ1) is 14.0. The van der Waals surface area contributed by atoms with Gasteiger partial charge in [0.2, 0.25) is 5.13 Å². The third-order valence-electron chi connectivity index (χ3n) is 4.46. The number of benzene rings is 1. The molecule has 0 saturated carbocycles. The minimum Gasteiger partial charge on any atom is -0.497 e. The Labute approximate surface area is 173 Å². The molecule has 1 N–H and O–H groups in total. The van der Waals surface area contributed by atoms with Crippen molar-refractivity contribution in [2.24, 2.45) is 0 Å². The predicted molar refractivity (Wildman–Crippen MR) is 112 cm³/mol. The lowest BCUT2D eigenvalue weighted by Crippen LogP contribution is -2.26. The van der Waals surface area contributed by atoms with E-state index in [9.17, 15) is 9.59 Å². The molecule has 0 unspecified atom stereocenters. The van der Waals surface area contributed by atoms with E-state index in [0.29, 0.717) is 16.5 Å². The summed E-state index contributed by atoms with van der Waals surface area (Å²) in [6, 6.07) is 7.66. The zero-order valence-corrected chi connectivity index (χ0v) is 17.6. The number of carbonyl (C=O) groups excluding carboxylic acids is 1. The molecule has 0 aliphatic heterocycles. The molecular weight excluding hydrogens is 410 g/mol. The number of anilines is 1. The van der Waals surface area contributed by atoms with Crippen molar-refractivity contribution in [2.45, 2.75) is 20.3 Å². The number of ether oxygens (including phenoxy) is 1. The fourth-order valence-corrected chi connectivity index (χ4v) is 4.49. The quantitative estimate of drug-likeness (QED) is 0.526. The predicted octanol–water partition coefficient (Wildman–Crippen LogP) is 3.08. The van der Waals surface area contributed by atoms with Crippen LogP contribution < -0.4 is 15.6 Å². The molecule has 29 heavy (non-hydrogen) atoms. The molecule has 3 heterocycles. The molecule has 1 aromatic carbocycles. The fraction of sp³-hybridized carbons (Fsp3) is 0.211. The summed E-state index contributed by atoms with van der Waals surface area (Å²) in [5.41, 5.74) is 1.42. The summed E-state index contributed by atoms with van der Waals surface area (Å²) >= 11 is 2.68. The summed E-state index contributed by atoms with van der Waals surface area (Å²) in [7, 11) is 1.62. The molecule has 0 spiro atoms. The van der Waals surface area contributed by atoms with Crippen molar-refractivity contribution in [1.29, 1.82) is 0 Å². The minimum atomic E-state index is -0.549. The molecule has 4 aromatic rings. The Hall–Kier alpha value is -3.11. The lowest BCUT2D eigenvalue weighted by atomic mass is 10.1. The zero-order chi connectivity index (χ0) is 20.5. The van der Waals surface area contributed by atoms with E-state index in [4.69, 9.17) is 4.74 Å². The minimum absolute atomic E-state index is 0.0321. The summed E-state index contributed by atoms with van der Waals surface area (Å²) < 4.78 is 6.61. The van der Waals surface area contributed by atoms with Gasteiger partial charge in [-0.05, 0) is 31.5 Å². The Morgan fingerprint density at radius 3 is 2.66 bits per heavy atom. The smallest absolute Gasteiger partial charge is 0.271 e. The molecule has 0 saturated heterocycles. The summed E-state index contributed by atoms with van der Waals surface area (Å²) in [5, 5.41) is 11.9. The van der Waals surface area contributed by atoms with E-state index >= 15 is 0 Å². The SMILES string of the molecule is COc1ccc(Cc2nnc(NC(=O)c3cnc4sc(C)c(C)n4c3=O)s2)cc1. The molecule has 0 aliphatic carbocycles. The molecule has 0 radical (unpaired) electrons. The molecule has 1 amide bonds. The first kappa shape index (κ1) is 19.2. The number of hydrogen-bond acceptors (Lipinski definition) is 8.